The quantitative estimate of drug-likeness (QED) is 0.636. The van der Waals surface area contributed by atoms with Crippen LogP contribution < -0.4 is 14.8 Å². The Morgan fingerprint density at radius 2 is 1.76 bits per heavy atom. The lowest BCUT2D eigenvalue weighted by molar-refractivity contribution is 0.354. The summed E-state index contributed by atoms with van der Waals surface area (Å²) in [4.78, 5) is 0. The van der Waals surface area contributed by atoms with Gasteiger partial charge < -0.3 is 19.2 Å². The maximum atomic E-state index is 5.69. The Morgan fingerprint density at radius 1 is 0.960 bits per heavy atom. The van der Waals surface area contributed by atoms with E-state index < -0.39 is 0 Å². The molecule has 1 N–H and O–H groups in total. The predicted molar refractivity (Wildman–Crippen MR) is 94.7 cm³/mol. The van der Waals surface area contributed by atoms with Gasteiger partial charge >= 0.3 is 0 Å². The van der Waals surface area contributed by atoms with Crippen molar-refractivity contribution in [2.24, 2.45) is 0 Å². The lowest BCUT2D eigenvalue weighted by atomic mass is 10.2. The molecule has 130 valence electrons. The van der Waals surface area contributed by atoms with Crippen LogP contribution in [0.3, 0.4) is 0 Å². The first-order chi connectivity index (χ1) is 12.3. The van der Waals surface area contributed by atoms with Crippen molar-refractivity contribution in [1.82, 2.24) is 15.5 Å². The smallest absolute Gasteiger partial charge is 0.247 e. The first-order valence-electron chi connectivity index (χ1n) is 8.09. The van der Waals surface area contributed by atoms with Crippen molar-refractivity contribution >= 4 is 0 Å². The molecule has 6 heteroatoms. The van der Waals surface area contributed by atoms with Crippen molar-refractivity contribution < 1.29 is 13.9 Å². The van der Waals surface area contributed by atoms with E-state index in [9.17, 15) is 0 Å². The molecule has 1 aromatic heterocycles. The molecule has 2 aromatic carbocycles. The first kappa shape index (κ1) is 17.0. The van der Waals surface area contributed by atoms with E-state index in [1.54, 1.807) is 14.2 Å². The third kappa shape index (κ3) is 4.36. The van der Waals surface area contributed by atoms with Crippen molar-refractivity contribution in [2.75, 3.05) is 20.8 Å². The summed E-state index contributed by atoms with van der Waals surface area (Å²) in [5, 5.41) is 11.5. The number of nitrogens with one attached hydrogen (secondary N) is 1. The molecule has 0 fully saturated rings. The van der Waals surface area contributed by atoms with Gasteiger partial charge in [0.2, 0.25) is 11.8 Å². The van der Waals surface area contributed by atoms with Crippen LogP contribution in [0.1, 0.15) is 11.5 Å². The zero-order valence-corrected chi connectivity index (χ0v) is 14.4. The number of rotatable bonds is 8. The molecular weight excluding hydrogens is 318 g/mol. The molecule has 0 saturated heterocycles. The summed E-state index contributed by atoms with van der Waals surface area (Å²) in [6, 6.07) is 15.6. The summed E-state index contributed by atoms with van der Waals surface area (Å²) >= 11 is 0. The average Bonchev–Trinajstić information content (AvgIpc) is 3.14. The van der Waals surface area contributed by atoms with Gasteiger partial charge in [0, 0.05) is 25.1 Å². The number of hydrogen-bond donors (Lipinski definition) is 1. The first-order valence-corrected chi connectivity index (χ1v) is 8.09. The molecule has 0 bridgehead atoms. The molecule has 0 radical (unpaired) electrons. The number of hydrogen-bond acceptors (Lipinski definition) is 6. The molecule has 0 aliphatic heterocycles. The lowest BCUT2D eigenvalue weighted by Crippen LogP contribution is -2.16. The van der Waals surface area contributed by atoms with Crippen LogP contribution in [-0.2, 0) is 13.0 Å². The standard InChI is InChI=1S/C19H21N3O3/c1-23-16-9-8-14(12-17(16)24-2)13-20-11-10-18-21-22-19(25-18)15-6-4-3-5-7-15/h3-9,12,20H,10-11,13H2,1-2H3. The second kappa shape index (κ2) is 8.30. The Hall–Kier alpha value is -2.86. The van der Waals surface area contributed by atoms with Gasteiger partial charge in [-0.15, -0.1) is 10.2 Å². The van der Waals surface area contributed by atoms with Crippen molar-refractivity contribution in [1.29, 1.82) is 0 Å². The molecule has 0 spiro atoms. The van der Waals surface area contributed by atoms with E-state index in [0.29, 0.717) is 18.2 Å². The zero-order chi connectivity index (χ0) is 17.5. The van der Waals surface area contributed by atoms with Gasteiger partial charge in [-0.1, -0.05) is 24.3 Å². The van der Waals surface area contributed by atoms with E-state index >= 15 is 0 Å². The van der Waals surface area contributed by atoms with E-state index in [1.807, 2.05) is 48.5 Å². The second-order valence-corrected chi connectivity index (χ2v) is 5.48. The highest BCUT2D eigenvalue weighted by Gasteiger charge is 2.08. The van der Waals surface area contributed by atoms with Crippen molar-refractivity contribution in [2.45, 2.75) is 13.0 Å². The molecular formula is C19H21N3O3. The maximum Gasteiger partial charge on any atom is 0.247 e. The summed E-state index contributed by atoms with van der Waals surface area (Å²) < 4.78 is 16.2. The summed E-state index contributed by atoms with van der Waals surface area (Å²) in [6.45, 7) is 1.46. The van der Waals surface area contributed by atoms with Crippen LogP contribution in [0.5, 0.6) is 11.5 Å². The van der Waals surface area contributed by atoms with E-state index in [0.717, 1.165) is 35.7 Å². The maximum absolute atomic E-state index is 5.69. The van der Waals surface area contributed by atoms with E-state index in [4.69, 9.17) is 13.9 Å². The van der Waals surface area contributed by atoms with Gasteiger partial charge in [0.25, 0.3) is 0 Å². The Balaban J connectivity index is 1.50. The monoisotopic (exact) mass is 339 g/mol. The van der Waals surface area contributed by atoms with Crippen LogP contribution in [0.15, 0.2) is 52.9 Å². The van der Waals surface area contributed by atoms with Crippen LogP contribution >= 0.6 is 0 Å². The summed E-state index contributed by atoms with van der Waals surface area (Å²) in [5.74, 6) is 2.63. The fourth-order valence-electron chi connectivity index (χ4n) is 2.47. The van der Waals surface area contributed by atoms with Gasteiger partial charge in [-0.3, -0.25) is 0 Å². The summed E-state index contributed by atoms with van der Waals surface area (Å²) in [5.41, 5.74) is 2.05. The van der Waals surface area contributed by atoms with Crippen LogP contribution in [-0.4, -0.2) is 31.0 Å². The molecule has 0 aliphatic rings. The molecule has 0 aliphatic carbocycles. The minimum atomic E-state index is 0.551. The molecule has 0 unspecified atom stereocenters. The molecule has 3 rings (SSSR count). The molecule has 0 atom stereocenters. The highest BCUT2D eigenvalue weighted by molar-refractivity contribution is 5.51. The molecule has 25 heavy (non-hydrogen) atoms. The fraction of sp³-hybridized carbons (Fsp3) is 0.263. The number of nitrogens with zero attached hydrogens (tertiary/aromatic N) is 2. The third-order valence-corrected chi connectivity index (χ3v) is 3.78. The van der Waals surface area contributed by atoms with Crippen LogP contribution in [0.4, 0.5) is 0 Å². The number of methoxy groups -OCH3 is 2. The Morgan fingerprint density at radius 3 is 2.52 bits per heavy atom. The molecule has 0 saturated carbocycles. The molecule has 3 aromatic rings. The average molecular weight is 339 g/mol. The van der Waals surface area contributed by atoms with Gasteiger partial charge in [-0.2, -0.15) is 0 Å². The third-order valence-electron chi connectivity index (χ3n) is 3.78. The van der Waals surface area contributed by atoms with Crippen molar-refractivity contribution in [3.63, 3.8) is 0 Å². The summed E-state index contributed by atoms with van der Waals surface area (Å²) in [7, 11) is 3.26. The van der Waals surface area contributed by atoms with Crippen LogP contribution in [0.2, 0.25) is 0 Å². The van der Waals surface area contributed by atoms with E-state index in [2.05, 4.69) is 15.5 Å². The Kier molecular flexibility index (Phi) is 5.64. The molecule has 6 nitrogen and oxygen atoms in total. The second-order valence-electron chi connectivity index (χ2n) is 5.48. The Labute approximate surface area is 146 Å². The van der Waals surface area contributed by atoms with Crippen LogP contribution in [0.25, 0.3) is 11.5 Å². The largest absolute Gasteiger partial charge is 0.493 e. The zero-order valence-electron chi connectivity index (χ0n) is 14.4. The number of aromatic nitrogens is 2. The predicted octanol–water partition coefficient (Wildman–Crippen LogP) is 3.09. The van der Waals surface area contributed by atoms with Crippen LogP contribution in [0, 0.1) is 0 Å². The van der Waals surface area contributed by atoms with Gasteiger partial charge in [-0.05, 0) is 29.8 Å². The summed E-state index contributed by atoms with van der Waals surface area (Å²) in [6.07, 6.45) is 0.674. The minimum absolute atomic E-state index is 0.551. The van der Waals surface area contributed by atoms with Gasteiger partial charge in [0.05, 0.1) is 14.2 Å². The number of ether oxygens (including phenoxy) is 2. The highest BCUT2D eigenvalue weighted by atomic mass is 16.5. The SMILES string of the molecule is COc1ccc(CNCCc2nnc(-c3ccccc3)o2)cc1OC. The lowest BCUT2D eigenvalue weighted by Gasteiger charge is -2.10. The fourth-order valence-corrected chi connectivity index (χ4v) is 2.47. The molecule has 0 amide bonds. The van der Waals surface area contributed by atoms with E-state index in [-0.39, 0.29) is 0 Å². The topological polar surface area (TPSA) is 69.4 Å². The van der Waals surface area contributed by atoms with Gasteiger partial charge in [-0.25, -0.2) is 0 Å². The van der Waals surface area contributed by atoms with Gasteiger partial charge in [0.15, 0.2) is 11.5 Å². The molecule has 1 heterocycles. The van der Waals surface area contributed by atoms with Crippen molar-refractivity contribution in [3.8, 4) is 23.0 Å². The van der Waals surface area contributed by atoms with Gasteiger partial charge in [0.1, 0.15) is 0 Å². The van der Waals surface area contributed by atoms with Crippen molar-refractivity contribution in [3.05, 3.63) is 60.0 Å². The number of benzene rings is 2. The highest BCUT2D eigenvalue weighted by Crippen LogP contribution is 2.27. The Bertz CT molecular complexity index is 803. The van der Waals surface area contributed by atoms with E-state index in [1.165, 1.54) is 0 Å². The minimum Gasteiger partial charge on any atom is -0.493 e. The normalized spacial score (nSPS) is 10.6.